The van der Waals surface area contributed by atoms with Gasteiger partial charge in [-0.15, -0.1) is 0 Å². The van der Waals surface area contributed by atoms with Gasteiger partial charge in [-0.05, 0) is 50.8 Å². The van der Waals surface area contributed by atoms with Crippen LogP contribution in [-0.2, 0) is 16.0 Å². The van der Waals surface area contributed by atoms with Gasteiger partial charge in [-0.3, -0.25) is 0 Å². The summed E-state index contributed by atoms with van der Waals surface area (Å²) >= 11 is 0. The predicted molar refractivity (Wildman–Crippen MR) is 85.7 cm³/mol. The highest BCUT2D eigenvalue weighted by Crippen LogP contribution is 2.43. The Bertz CT molecular complexity index is 618. The maximum atomic E-state index is 12.0. The summed E-state index contributed by atoms with van der Waals surface area (Å²) in [6, 6.07) is 0. The summed E-state index contributed by atoms with van der Waals surface area (Å²) in [5, 5.41) is 0. The minimum absolute atomic E-state index is 0.333. The van der Waals surface area contributed by atoms with Crippen molar-refractivity contribution in [2.24, 2.45) is 0 Å². The lowest BCUT2D eigenvalue weighted by atomic mass is 9.87. The van der Waals surface area contributed by atoms with Crippen molar-refractivity contribution >= 4 is 5.97 Å². The van der Waals surface area contributed by atoms with Crippen molar-refractivity contribution < 1.29 is 19.0 Å². The number of esters is 1. The van der Waals surface area contributed by atoms with Crippen molar-refractivity contribution in [2.45, 2.75) is 46.1 Å². The molecule has 22 heavy (non-hydrogen) atoms. The van der Waals surface area contributed by atoms with E-state index in [-0.39, 0.29) is 5.97 Å². The largest absolute Gasteiger partial charge is 0.489 e. The van der Waals surface area contributed by atoms with Crippen LogP contribution in [0.15, 0.2) is 12.7 Å². The molecule has 0 bridgehead atoms. The second-order valence-corrected chi connectivity index (χ2v) is 5.94. The summed E-state index contributed by atoms with van der Waals surface area (Å²) in [4.78, 5) is 12.0. The fourth-order valence-electron chi connectivity index (χ4n) is 2.95. The van der Waals surface area contributed by atoms with E-state index in [1.807, 2.05) is 20.8 Å². The van der Waals surface area contributed by atoms with Crippen LogP contribution < -0.4 is 9.47 Å². The molecule has 1 heterocycles. The van der Waals surface area contributed by atoms with Crippen LogP contribution in [-0.4, -0.2) is 25.3 Å². The standard InChI is InChI=1S/C18H24O4/c1-7-10-21-15-11(2)12(3)16-14(13(15)4)8-9-18(5,22-16)17(19)20-6/h7H,1,8-10H2,2-6H3. The fourth-order valence-corrected chi connectivity index (χ4v) is 2.95. The quantitative estimate of drug-likeness (QED) is 0.631. The van der Waals surface area contributed by atoms with Crippen LogP contribution in [0.2, 0.25) is 0 Å². The van der Waals surface area contributed by atoms with Crippen LogP contribution in [0, 0.1) is 20.8 Å². The Hall–Kier alpha value is -1.97. The molecule has 0 saturated carbocycles. The Labute approximate surface area is 132 Å². The molecule has 0 aliphatic carbocycles. The van der Waals surface area contributed by atoms with Gasteiger partial charge in [0.2, 0.25) is 5.60 Å². The molecular weight excluding hydrogens is 280 g/mol. The molecule has 1 atom stereocenters. The molecule has 0 spiro atoms. The van der Waals surface area contributed by atoms with Gasteiger partial charge < -0.3 is 14.2 Å². The summed E-state index contributed by atoms with van der Waals surface area (Å²) < 4.78 is 16.8. The van der Waals surface area contributed by atoms with Gasteiger partial charge in [-0.1, -0.05) is 12.7 Å². The Morgan fingerprint density at radius 1 is 1.32 bits per heavy atom. The van der Waals surface area contributed by atoms with Crippen molar-refractivity contribution in [1.82, 2.24) is 0 Å². The van der Waals surface area contributed by atoms with Crippen LogP contribution in [0.4, 0.5) is 0 Å². The normalized spacial score (nSPS) is 19.9. The molecule has 0 saturated heterocycles. The van der Waals surface area contributed by atoms with Gasteiger partial charge in [-0.2, -0.15) is 0 Å². The van der Waals surface area contributed by atoms with Crippen LogP contribution in [0.1, 0.15) is 35.6 Å². The van der Waals surface area contributed by atoms with Crippen LogP contribution in [0.25, 0.3) is 0 Å². The van der Waals surface area contributed by atoms with Crippen molar-refractivity contribution in [1.29, 1.82) is 0 Å². The second-order valence-electron chi connectivity index (χ2n) is 5.94. The van der Waals surface area contributed by atoms with E-state index in [4.69, 9.17) is 14.2 Å². The second kappa shape index (κ2) is 6.03. The number of benzene rings is 1. The summed E-state index contributed by atoms with van der Waals surface area (Å²) in [6.07, 6.45) is 3.09. The first-order chi connectivity index (χ1) is 10.4. The van der Waals surface area contributed by atoms with Gasteiger partial charge in [-0.25, -0.2) is 4.79 Å². The summed E-state index contributed by atoms with van der Waals surface area (Å²) in [5.41, 5.74) is 3.31. The van der Waals surface area contributed by atoms with Gasteiger partial charge in [0.15, 0.2) is 0 Å². The Morgan fingerprint density at radius 2 is 2.00 bits per heavy atom. The smallest absolute Gasteiger partial charge is 0.349 e. The molecule has 1 aromatic rings. The first kappa shape index (κ1) is 16.4. The van der Waals surface area contributed by atoms with E-state index in [1.165, 1.54) is 7.11 Å². The molecular formula is C18H24O4. The van der Waals surface area contributed by atoms with Crippen LogP contribution >= 0.6 is 0 Å². The summed E-state index contributed by atoms with van der Waals surface area (Å²) in [5.74, 6) is 1.35. The molecule has 1 aliphatic heterocycles. The third kappa shape index (κ3) is 2.58. The molecule has 0 amide bonds. The number of hydrogen-bond donors (Lipinski definition) is 0. The van der Waals surface area contributed by atoms with Crippen molar-refractivity contribution in [3.63, 3.8) is 0 Å². The number of hydrogen-bond acceptors (Lipinski definition) is 4. The number of ether oxygens (including phenoxy) is 3. The van der Waals surface area contributed by atoms with Gasteiger partial charge in [0, 0.05) is 12.0 Å². The molecule has 1 unspecified atom stereocenters. The third-order valence-corrected chi connectivity index (χ3v) is 4.45. The average Bonchev–Trinajstić information content (AvgIpc) is 2.51. The molecule has 0 N–H and O–H groups in total. The van der Waals surface area contributed by atoms with E-state index in [0.29, 0.717) is 13.0 Å². The Balaban J connectivity index is 2.50. The third-order valence-electron chi connectivity index (χ3n) is 4.45. The van der Waals surface area contributed by atoms with E-state index in [1.54, 1.807) is 13.0 Å². The number of carbonyl (C=O) groups is 1. The van der Waals surface area contributed by atoms with E-state index < -0.39 is 5.60 Å². The summed E-state index contributed by atoms with van der Waals surface area (Å²) in [7, 11) is 1.39. The zero-order chi connectivity index (χ0) is 16.5. The molecule has 1 aromatic carbocycles. The van der Waals surface area contributed by atoms with Crippen LogP contribution in [0.5, 0.6) is 11.5 Å². The molecule has 2 rings (SSSR count). The Morgan fingerprint density at radius 3 is 2.59 bits per heavy atom. The fraction of sp³-hybridized carbons (Fsp3) is 0.500. The maximum absolute atomic E-state index is 12.0. The minimum atomic E-state index is -0.922. The van der Waals surface area contributed by atoms with E-state index >= 15 is 0 Å². The number of fused-ring (bicyclic) bond motifs is 1. The highest BCUT2D eigenvalue weighted by molar-refractivity contribution is 5.80. The monoisotopic (exact) mass is 304 g/mol. The number of rotatable bonds is 4. The molecule has 4 heteroatoms. The minimum Gasteiger partial charge on any atom is -0.489 e. The van der Waals surface area contributed by atoms with Gasteiger partial charge in [0.25, 0.3) is 0 Å². The summed E-state index contributed by atoms with van der Waals surface area (Å²) in [6.45, 7) is 12.0. The average molecular weight is 304 g/mol. The highest BCUT2D eigenvalue weighted by atomic mass is 16.6. The molecule has 0 fully saturated rings. The molecule has 1 aliphatic rings. The molecule has 0 aromatic heterocycles. The Kier molecular flexibility index (Phi) is 4.50. The van der Waals surface area contributed by atoms with E-state index in [0.717, 1.165) is 40.2 Å². The lowest BCUT2D eigenvalue weighted by molar-refractivity contribution is -0.159. The SMILES string of the molecule is C=CCOc1c(C)c(C)c2c(c1C)CCC(C)(C(=O)OC)O2. The van der Waals surface area contributed by atoms with Crippen molar-refractivity contribution in [2.75, 3.05) is 13.7 Å². The molecule has 120 valence electrons. The predicted octanol–water partition coefficient (Wildman–Crippen LogP) is 3.43. The highest BCUT2D eigenvalue weighted by Gasteiger charge is 2.41. The maximum Gasteiger partial charge on any atom is 0.349 e. The molecule has 0 radical (unpaired) electrons. The first-order valence-electron chi connectivity index (χ1n) is 7.49. The zero-order valence-corrected chi connectivity index (χ0v) is 14.0. The lowest BCUT2D eigenvalue weighted by Crippen LogP contribution is -2.45. The van der Waals surface area contributed by atoms with Crippen molar-refractivity contribution in [3.05, 3.63) is 34.9 Å². The number of methoxy groups -OCH3 is 1. The van der Waals surface area contributed by atoms with E-state index in [2.05, 4.69) is 6.58 Å². The first-order valence-corrected chi connectivity index (χ1v) is 7.49. The van der Waals surface area contributed by atoms with E-state index in [9.17, 15) is 4.79 Å². The van der Waals surface area contributed by atoms with Gasteiger partial charge in [0.05, 0.1) is 7.11 Å². The lowest BCUT2D eigenvalue weighted by Gasteiger charge is -2.35. The van der Waals surface area contributed by atoms with Crippen LogP contribution in [0.3, 0.4) is 0 Å². The molecule has 4 nitrogen and oxygen atoms in total. The topological polar surface area (TPSA) is 44.8 Å². The number of carbonyl (C=O) groups excluding carboxylic acids is 1. The van der Waals surface area contributed by atoms with Gasteiger partial charge in [0.1, 0.15) is 18.1 Å². The zero-order valence-electron chi connectivity index (χ0n) is 14.0. The van der Waals surface area contributed by atoms with Crippen molar-refractivity contribution in [3.8, 4) is 11.5 Å². The van der Waals surface area contributed by atoms with Gasteiger partial charge >= 0.3 is 5.97 Å².